The van der Waals surface area contributed by atoms with Crippen LogP contribution in [0.5, 0.6) is 0 Å². The van der Waals surface area contributed by atoms with Crippen molar-refractivity contribution in [2.24, 2.45) is 5.73 Å². The zero-order chi connectivity index (χ0) is 28.8. The fraction of sp³-hybridized carbons (Fsp3) is 0.643. The number of rotatable bonds is 20. The Balaban J connectivity index is 2.24. The molecule has 0 fully saturated rings. The highest BCUT2D eigenvalue weighted by molar-refractivity contribution is 5.74. The van der Waals surface area contributed by atoms with Gasteiger partial charge < -0.3 is 44.6 Å². The number of carbonyl (C=O) groups is 2. The zero-order valence-corrected chi connectivity index (χ0v) is 23.4. The van der Waals surface area contributed by atoms with E-state index >= 15 is 0 Å². The predicted molar refractivity (Wildman–Crippen MR) is 145 cm³/mol. The molecule has 11 heteroatoms. The number of hydrogen-bond acceptors (Lipinski definition) is 9. The predicted octanol–water partition coefficient (Wildman–Crippen LogP) is 1.77. The first-order valence-electron chi connectivity index (χ1n) is 13.0. The largest absolute Gasteiger partial charge is 0.444 e. The zero-order valence-electron chi connectivity index (χ0n) is 23.4. The maximum Gasteiger partial charge on any atom is 0.407 e. The van der Waals surface area contributed by atoms with Gasteiger partial charge in [0.05, 0.1) is 72.1 Å². The van der Waals surface area contributed by atoms with Crippen molar-refractivity contribution < 1.29 is 43.1 Å². The van der Waals surface area contributed by atoms with Crippen molar-refractivity contribution in [2.75, 3.05) is 66.1 Å². The third-order valence-electron chi connectivity index (χ3n) is 4.76. The number of hydrogen-bond donors (Lipinski definition) is 3. The molecule has 220 valence electrons. The van der Waals surface area contributed by atoms with Gasteiger partial charge in [0.2, 0.25) is 5.91 Å². The minimum atomic E-state index is -0.626. The molecular formula is C28H44N2O9. The van der Waals surface area contributed by atoms with E-state index in [0.29, 0.717) is 65.9 Å². The molecule has 0 aromatic heterocycles. The van der Waals surface area contributed by atoms with Crippen LogP contribution < -0.4 is 11.1 Å². The van der Waals surface area contributed by atoms with Crippen LogP contribution in [0.3, 0.4) is 0 Å². The molecule has 11 nitrogen and oxygen atoms in total. The van der Waals surface area contributed by atoms with E-state index in [0.717, 1.165) is 11.1 Å². The first-order valence-corrected chi connectivity index (χ1v) is 13.0. The Bertz CT molecular complexity index is 861. The fourth-order valence-corrected chi connectivity index (χ4v) is 2.98. The fourth-order valence-electron chi connectivity index (χ4n) is 2.98. The Morgan fingerprint density at radius 2 is 1.51 bits per heavy atom. The summed E-state index contributed by atoms with van der Waals surface area (Å²) in [6, 6.07) is 7.22. The second kappa shape index (κ2) is 21.1. The van der Waals surface area contributed by atoms with E-state index in [9.17, 15) is 9.59 Å². The maximum absolute atomic E-state index is 12.1. The van der Waals surface area contributed by atoms with Crippen LogP contribution >= 0.6 is 0 Å². The quantitative estimate of drug-likeness (QED) is 0.163. The summed E-state index contributed by atoms with van der Waals surface area (Å²) in [5.74, 6) is 5.57. The molecule has 2 amide bonds. The molecule has 0 spiro atoms. The van der Waals surface area contributed by atoms with Crippen LogP contribution in [0.1, 0.15) is 44.7 Å². The minimum Gasteiger partial charge on any atom is -0.444 e. The molecule has 39 heavy (non-hydrogen) atoms. The molecule has 0 aliphatic heterocycles. The molecule has 0 heterocycles. The van der Waals surface area contributed by atoms with Crippen LogP contribution in [-0.4, -0.2) is 94.8 Å². The van der Waals surface area contributed by atoms with Gasteiger partial charge in [-0.25, -0.2) is 4.79 Å². The van der Waals surface area contributed by atoms with Crippen LogP contribution in [0.4, 0.5) is 4.79 Å². The first-order chi connectivity index (χ1) is 18.7. The number of benzene rings is 1. The van der Waals surface area contributed by atoms with E-state index in [4.69, 9.17) is 39.3 Å². The number of alkyl carbamates (subject to hydrolysis) is 1. The second-order valence-corrected chi connectivity index (χ2v) is 9.48. The van der Waals surface area contributed by atoms with Crippen molar-refractivity contribution in [3.8, 4) is 11.8 Å². The number of primary amides is 1. The number of ether oxygens (including phenoxy) is 6. The maximum atomic E-state index is 12.1. The summed E-state index contributed by atoms with van der Waals surface area (Å²) in [7, 11) is 0. The van der Waals surface area contributed by atoms with Crippen molar-refractivity contribution >= 4 is 12.0 Å². The lowest BCUT2D eigenvalue weighted by Crippen LogP contribution is -2.42. The van der Waals surface area contributed by atoms with Gasteiger partial charge in [0.25, 0.3) is 0 Å². The van der Waals surface area contributed by atoms with Crippen LogP contribution in [0.2, 0.25) is 0 Å². The number of nitrogens with one attached hydrogen (secondary N) is 1. The van der Waals surface area contributed by atoms with Gasteiger partial charge in [0.1, 0.15) is 12.2 Å². The van der Waals surface area contributed by atoms with E-state index in [2.05, 4.69) is 17.2 Å². The lowest BCUT2D eigenvalue weighted by atomic mass is 10.1. The molecule has 0 saturated carbocycles. The highest BCUT2D eigenvalue weighted by atomic mass is 16.6. The van der Waals surface area contributed by atoms with Crippen molar-refractivity contribution in [1.29, 1.82) is 0 Å². The second-order valence-electron chi connectivity index (χ2n) is 9.48. The number of aliphatic hydroxyl groups is 1. The number of aliphatic hydroxyl groups excluding tert-OH is 1. The number of nitrogens with two attached hydrogens (primary N) is 1. The molecule has 1 aromatic rings. The smallest absolute Gasteiger partial charge is 0.407 e. The van der Waals surface area contributed by atoms with Crippen LogP contribution in [0.15, 0.2) is 24.3 Å². The molecular weight excluding hydrogens is 508 g/mol. The SMILES string of the molecule is CC(C)(C)OC(=O)NC(CCC(N)=O)COCc1ccc(C#CCOCCOCCOCCOCCO)cc1. The Morgan fingerprint density at radius 3 is 2.08 bits per heavy atom. The molecule has 0 saturated heterocycles. The molecule has 1 rings (SSSR count). The van der Waals surface area contributed by atoms with Crippen molar-refractivity contribution in [2.45, 2.75) is 51.9 Å². The van der Waals surface area contributed by atoms with Gasteiger partial charge in [-0.05, 0) is 44.9 Å². The minimum absolute atomic E-state index is 0.0113. The van der Waals surface area contributed by atoms with Gasteiger partial charge in [0.15, 0.2) is 0 Å². The van der Waals surface area contributed by atoms with E-state index in [1.54, 1.807) is 20.8 Å². The highest BCUT2D eigenvalue weighted by Gasteiger charge is 2.20. The molecule has 0 aliphatic rings. The van der Waals surface area contributed by atoms with E-state index < -0.39 is 23.6 Å². The summed E-state index contributed by atoms with van der Waals surface area (Å²) in [5.41, 5.74) is 6.42. The molecule has 0 bridgehead atoms. The molecule has 0 radical (unpaired) electrons. The standard InChI is InChI=1S/C28H44N2O9/c1-28(2,3)39-27(33)30-25(10-11-26(29)32)22-38-21-24-8-6-23(7-9-24)5-4-13-34-15-17-36-19-20-37-18-16-35-14-12-31/h6-9,25,31H,10-22H2,1-3H3,(H2,29,32)(H,30,33). The molecule has 1 unspecified atom stereocenters. The van der Waals surface area contributed by atoms with Gasteiger partial charge in [0, 0.05) is 12.0 Å². The average Bonchev–Trinajstić information content (AvgIpc) is 2.87. The Morgan fingerprint density at radius 1 is 0.923 bits per heavy atom. The summed E-state index contributed by atoms with van der Waals surface area (Å²) < 4.78 is 32.3. The average molecular weight is 553 g/mol. The summed E-state index contributed by atoms with van der Waals surface area (Å²) in [5, 5.41) is 11.3. The molecule has 1 atom stereocenters. The number of carbonyl (C=O) groups excluding carboxylic acids is 2. The summed E-state index contributed by atoms with van der Waals surface area (Å²) in [6.45, 7) is 9.27. The van der Waals surface area contributed by atoms with E-state index in [-0.39, 0.29) is 19.6 Å². The lowest BCUT2D eigenvalue weighted by Gasteiger charge is -2.23. The third-order valence-corrected chi connectivity index (χ3v) is 4.76. The van der Waals surface area contributed by atoms with Gasteiger partial charge in [-0.1, -0.05) is 24.0 Å². The Labute approximate surface area is 231 Å². The van der Waals surface area contributed by atoms with Crippen LogP contribution in [-0.2, 0) is 39.8 Å². The van der Waals surface area contributed by atoms with E-state index in [1.807, 2.05) is 24.3 Å². The Hall–Kier alpha value is -2.72. The van der Waals surface area contributed by atoms with Gasteiger partial charge in [-0.3, -0.25) is 4.79 Å². The van der Waals surface area contributed by atoms with Gasteiger partial charge >= 0.3 is 6.09 Å². The third kappa shape index (κ3) is 20.9. The summed E-state index contributed by atoms with van der Waals surface area (Å²) in [4.78, 5) is 23.2. The number of amides is 2. The molecule has 1 aromatic carbocycles. The van der Waals surface area contributed by atoms with Crippen LogP contribution in [0.25, 0.3) is 0 Å². The topological polar surface area (TPSA) is 148 Å². The summed E-state index contributed by atoms with van der Waals surface area (Å²) >= 11 is 0. The lowest BCUT2D eigenvalue weighted by molar-refractivity contribution is -0.118. The highest BCUT2D eigenvalue weighted by Crippen LogP contribution is 2.09. The van der Waals surface area contributed by atoms with Crippen molar-refractivity contribution in [3.05, 3.63) is 35.4 Å². The normalized spacial score (nSPS) is 11.9. The summed E-state index contributed by atoms with van der Waals surface area (Å²) in [6.07, 6.45) is -0.0802. The first kappa shape index (κ1) is 34.3. The molecule has 4 N–H and O–H groups in total. The van der Waals surface area contributed by atoms with Crippen LogP contribution in [0, 0.1) is 11.8 Å². The van der Waals surface area contributed by atoms with Gasteiger partial charge in [-0.2, -0.15) is 0 Å². The van der Waals surface area contributed by atoms with E-state index in [1.165, 1.54) is 0 Å². The van der Waals surface area contributed by atoms with Crippen molar-refractivity contribution in [1.82, 2.24) is 5.32 Å². The van der Waals surface area contributed by atoms with Crippen molar-refractivity contribution in [3.63, 3.8) is 0 Å². The van der Waals surface area contributed by atoms with Gasteiger partial charge in [-0.15, -0.1) is 0 Å². The molecule has 0 aliphatic carbocycles. The monoisotopic (exact) mass is 552 g/mol. The Kier molecular flexibility index (Phi) is 18.6.